The molecule has 1 radical (unpaired) electrons. The second kappa shape index (κ2) is 2.58. The standard InChI is InChI=1S/C12H9N2/c1-14-7-6-10-9-4-2-3-5-11(9)13-12(10)8-14/h2-5,7-8H,1H3. The van der Waals surface area contributed by atoms with Crippen LogP contribution in [0.1, 0.15) is 0 Å². The molecule has 0 saturated heterocycles. The first-order chi connectivity index (χ1) is 6.84. The normalized spacial score (nSPS) is 11.2. The Labute approximate surface area is 82.2 Å². The zero-order chi connectivity index (χ0) is 9.54. The van der Waals surface area contributed by atoms with Crippen LogP contribution in [-0.2, 0) is 7.05 Å². The van der Waals surface area contributed by atoms with Crippen molar-refractivity contribution in [3.63, 3.8) is 0 Å². The van der Waals surface area contributed by atoms with Crippen LogP contribution in [0.2, 0.25) is 0 Å². The van der Waals surface area contributed by atoms with E-state index in [2.05, 4.69) is 17.1 Å². The minimum Gasteiger partial charge on any atom is -0.355 e. The van der Waals surface area contributed by atoms with Gasteiger partial charge in [-0.05, 0) is 6.07 Å². The molecule has 0 saturated carbocycles. The van der Waals surface area contributed by atoms with Crippen molar-refractivity contribution < 1.29 is 0 Å². The molecule has 2 aliphatic rings. The largest absolute Gasteiger partial charge is 0.355 e. The van der Waals surface area contributed by atoms with Gasteiger partial charge in [0.15, 0.2) is 0 Å². The molecule has 67 valence electrons. The smallest absolute Gasteiger partial charge is 0.0884 e. The number of pyridine rings is 1. The van der Waals surface area contributed by atoms with Gasteiger partial charge in [-0.15, -0.1) is 0 Å². The van der Waals surface area contributed by atoms with Gasteiger partial charge in [0.05, 0.1) is 11.2 Å². The highest BCUT2D eigenvalue weighted by molar-refractivity contribution is 5.96. The number of para-hydroxylation sites is 1. The number of aryl methyl sites for hydroxylation is 1. The molecule has 0 spiro atoms. The summed E-state index contributed by atoms with van der Waals surface area (Å²) in [5.74, 6) is 0. The predicted octanol–water partition coefficient (Wildman–Crippen LogP) is 2.48. The van der Waals surface area contributed by atoms with E-state index in [9.17, 15) is 0 Å². The van der Waals surface area contributed by atoms with Crippen LogP contribution in [0.15, 0.2) is 36.7 Å². The summed E-state index contributed by atoms with van der Waals surface area (Å²) in [5.41, 5.74) is 3.17. The molecule has 0 amide bonds. The van der Waals surface area contributed by atoms with Gasteiger partial charge in [0.25, 0.3) is 0 Å². The van der Waals surface area contributed by atoms with Gasteiger partial charge in [0, 0.05) is 36.5 Å². The monoisotopic (exact) mass is 181 g/mol. The first kappa shape index (κ1) is 7.56. The van der Waals surface area contributed by atoms with Crippen molar-refractivity contribution in [1.29, 1.82) is 0 Å². The summed E-state index contributed by atoms with van der Waals surface area (Å²) in [4.78, 5) is 4.52. The first-order valence-electron chi connectivity index (χ1n) is 4.57. The van der Waals surface area contributed by atoms with E-state index in [1.54, 1.807) is 0 Å². The predicted molar refractivity (Wildman–Crippen MR) is 56.2 cm³/mol. The van der Waals surface area contributed by atoms with Gasteiger partial charge in [0.1, 0.15) is 0 Å². The van der Waals surface area contributed by atoms with E-state index in [-0.39, 0.29) is 0 Å². The third-order valence-electron chi connectivity index (χ3n) is 2.41. The average Bonchev–Trinajstić information content (AvgIpc) is 2.54. The van der Waals surface area contributed by atoms with Crippen molar-refractivity contribution in [2.24, 2.45) is 7.05 Å². The van der Waals surface area contributed by atoms with Gasteiger partial charge >= 0.3 is 0 Å². The van der Waals surface area contributed by atoms with Crippen molar-refractivity contribution in [2.45, 2.75) is 0 Å². The maximum atomic E-state index is 4.52. The van der Waals surface area contributed by atoms with Gasteiger partial charge in [-0.25, -0.2) is 4.98 Å². The van der Waals surface area contributed by atoms with Crippen LogP contribution < -0.4 is 0 Å². The molecule has 2 nitrogen and oxygen atoms in total. The van der Waals surface area contributed by atoms with Gasteiger partial charge < -0.3 is 4.57 Å². The van der Waals surface area contributed by atoms with Crippen LogP contribution in [0.3, 0.4) is 0 Å². The van der Waals surface area contributed by atoms with Crippen molar-refractivity contribution in [3.05, 3.63) is 42.7 Å². The number of fused-ring (bicyclic) bond motifs is 3. The summed E-state index contributed by atoms with van der Waals surface area (Å²) >= 11 is 0. The average molecular weight is 181 g/mol. The lowest BCUT2D eigenvalue weighted by atomic mass is 10.1. The molecule has 2 heteroatoms. The number of hydrogen-bond acceptors (Lipinski definition) is 1. The Morgan fingerprint density at radius 2 is 2.14 bits per heavy atom. The Hall–Kier alpha value is -1.83. The van der Waals surface area contributed by atoms with Crippen molar-refractivity contribution in [3.8, 4) is 11.3 Å². The lowest BCUT2D eigenvalue weighted by Crippen LogP contribution is -1.90. The van der Waals surface area contributed by atoms with E-state index in [4.69, 9.17) is 0 Å². The van der Waals surface area contributed by atoms with Crippen LogP contribution >= 0.6 is 0 Å². The molecule has 0 aromatic heterocycles. The molecular weight excluding hydrogens is 172 g/mol. The molecule has 0 unspecified atom stereocenters. The van der Waals surface area contributed by atoms with Crippen molar-refractivity contribution in [2.75, 3.05) is 0 Å². The summed E-state index contributed by atoms with van der Waals surface area (Å²) in [6.45, 7) is 0. The van der Waals surface area contributed by atoms with Crippen LogP contribution in [-0.4, -0.2) is 9.55 Å². The number of rotatable bonds is 0. The second-order valence-corrected chi connectivity index (χ2v) is 3.46. The van der Waals surface area contributed by atoms with Crippen LogP contribution in [0, 0.1) is 6.07 Å². The van der Waals surface area contributed by atoms with Crippen LogP contribution in [0.4, 0.5) is 0 Å². The Bertz CT molecular complexity index is 566. The third-order valence-corrected chi connectivity index (χ3v) is 2.41. The first-order valence-corrected chi connectivity index (χ1v) is 4.57. The summed E-state index contributed by atoms with van der Waals surface area (Å²) in [6, 6.07) is 11.4. The van der Waals surface area contributed by atoms with E-state index < -0.39 is 0 Å². The molecule has 2 heterocycles. The lowest BCUT2D eigenvalue weighted by Gasteiger charge is -2.00. The molecule has 3 rings (SSSR count). The molecule has 1 aromatic rings. The van der Waals surface area contributed by atoms with Crippen LogP contribution in [0.5, 0.6) is 0 Å². The molecule has 2 aliphatic heterocycles. The summed E-state index contributed by atoms with van der Waals surface area (Å²) < 4.78 is 1.97. The molecule has 0 N–H and O–H groups in total. The third kappa shape index (κ3) is 0.940. The molecule has 1 aromatic carbocycles. The Balaban J connectivity index is 2.50. The maximum Gasteiger partial charge on any atom is 0.0884 e. The number of aromatic nitrogens is 2. The topological polar surface area (TPSA) is 17.8 Å². The van der Waals surface area contributed by atoms with E-state index >= 15 is 0 Å². The number of hydrogen-bond donors (Lipinski definition) is 0. The van der Waals surface area contributed by atoms with Crippen molar-refractivity contribution >= 4 is 10.9 Å². The second-order valence-electron chi connectivity index (χ2n) is 3.46. The Kier molecular flexibility index (Phi) is 1.39. The Morgan fingerprint density at radius 3 is 3.07 bits per heavy atom. The van der Waals surface area contributed by atoms with Crippen LogP contribution in [0.25, 0.3) is 22.2 Å². The van der Waals surface area contributed by atoms with Gasteiger partial charge in [-0.1, -0.05) is 18.2 Å². The quantitative estimate of drug-likeness (QED) is 0.521. The van der Waals surface area contributed by atoms with E-state index in [0.29, 0.717) is 0 Å². The minimum absolute atomic E-state index is 1.01. The highest BCUT2D eigenvalue weighted by atomic mass is 14.9. The fraction of sp³-hybridized carbons (Fsp3) is 0.0833. The molecule has 14 heavy (non-hydrogen) atoms. The zero-order valence-electron chi connectivity index (χ0n) is 7.86. The zero-order valence-corrected chi connectivity index (χ0v) is 7.86. The fourth-order valence-corrected chi connectivity index (χ4v) is 1.75. The number of nitrogens with zero attached hydrogens (tertiary/aromatic N) is 2. The number of benzene rings is 1. The molecule has 0 aliphatic carbocycles. The molecule has 0 atom stereocenters. The SMILES string of the molecule is Cn1c[c]c2c3ccccc3nc-2c1. The highest BCUT2D eigenvalue weighted by Gasteiger charge is 2.10. The fourth-order valence-electron chi connectivity index (χ4n) is 1.75. The minimum atomic E-state index is 1.01. The maximum absolute atomic E-state index is 4.52. The van der Waals surface area contributed by atoms with Gasteiger partial charge in [-0.3, -0.25) is 0 Å². The molecule has 0 fully saturated rings. The Morgan fingerprint density at radius 1 is 1.29 bits per heavy atom. The van der Waals surface area contributed by atoms with E-state index in [0.717, 1.165) is 16.8 Å². The summed E-state index contributed by atoms with van der Waals surface area (Å²) in [5, 5.41) is 1.18. The summed E-state index contributed by atoms with van der Waals surface area (Å²) in [6.07, 6.45) is 3.95. The van der Waals surface area contributed by atoms with Gasteiger partial charge in [0.2, 0.25) is 0 Å². The van der Waals surface area contributed by atoms with E-state index in [1.807, 2.05) is 42.2 Å². The van der Waals surface area contributed by atoms with Gasteiger partial charge in [-0.2, -0.15) is 0 Å². The highest BCUT2D eigenvalue weighted by Crippen LogP contribution is 2.29. The molecule has 0 bridgehead atoms. The lowest BCUT2D eigenvalue weighted by molar-refractivity contribution is 0.900. The summed E-state index contributed by atoms with van der Waals surface area (Å²) in [7, 11) is 1.98. The van der Waals surface area contributed by atoms with E-state index in [1.165, 1.54) is 5.39 Å². The van der Waals surface area contributed by atoms with Crippen molar-refractivity contribution in [1.82, 2.24) is 9.55 Å². The molecular formula is C12H9N2.